The molecule has 2 rings (SSSR count). The minimum Gasteiger partial charge on any atom is -0.398 e. The van der Waals surface area contributed by atoms with Gasteiger partial charge in [-0.1, -0.05) is 13.8 Å². The van der Waals surface area contributed by atoms with E-state index in [0.717, 1.165) is 17.5 Å². The molecule has 1 heterocycles. The second-order valence-electron chi connectivity index (χ2n) is 4.39. The van der Waals surface area contributed by atoms with E-state index in [1.54, 1.807) is 12.4 Å². The van der Waals surface area contributed by atoms with Crippen molar-refractivity contribution in [2.24, 2.45) is 0 Å². The highest BCUT2D eigenvalue weighted by molar-refractivity contribution is 5.78. The molecule has 0 fully saturated rings. The third-order valence-electron chi connectivity index (χ3n) is 3.19. The summed E-state index contributed by atoms with van der Waals surface area (Å²) >= 11 is 0. The number of benzene rings is 1. The highest BCUT2D eigenvalue weighted by Crippen LogP contribution is 2.34. The van der Waals surface area contributed by atoms with Crippen LogP contribution in [0.4, 0.5) is 10.1 Å². The van der Waals surface area contributed by atoms with Crippen LogP contribution in [0.3, 0.4) is 0 Å². The number of anilines is 1. The first-order valence-electron chi connectivity index (χ1n) is 5.97. The van der Waals surface area contributed by atoms with Gasteiger partial charge in [0, 0.05) is 29.2 Å². The number of nitrogens with two attached hydrogens (primary N) is 1. The zero-order chi connectivity index (χ0) is 13.1. The van der Waals surface area contributed by atoms with Crippen LogP contribution in [0, 0.1) is 5.82 Å². The molecule has 0 aliphatic heterocycles. The van der Waals surface area contributed by atoms with E-state index in [9.17, 15) is 4.39 Å². The van der Waals surface area contributed by atoms with Gasteiger partial charge in [0.25, 0.3) is 0 Å². The molecule has 2 N–H and O–H groups in total. The number of rotatable bonds is 3. The molecule has 0 aliphatic carbocycles. The fraction of sp³-hybridized carbons (Fsp3) is 0.286. The van der Waals surface area contributed by atoms with Crippen LogP contribution in [0.5, 0.6) is 0 Å². The number of nitrogen functional groups attached to an aromatic ring is 1. The number of hydrogen-bond donors (Lipinski definition) is 1. The summed E-state index contributed by atoms with van der Waals surface area (Å²) in [6.45, 7) is 4.09. The molecule has 0 amide bonds. The molecule has 0 spiro atoms. The quantitative estimate of drug-likeness (QED) is 0.843. The number of aromatic nitrogens is 2. The van der Waals surface area contributed by atoms with Crippen LogP contribution in [-0.2, 0) is 0 Å². The van der Waals surface area contributed by atoms with E-state index in [0.29, 0.717) is 11.3 Å². The predicted molar refractivity (Wildman–Crippen MR) is 70.5 cm³/mol. The van der Waals surface area contributed by atoms with Crippen LogP contribution >= 0.6 is 0 Å². The molecule has 4 heteroatoms. The third kappa shape index (κ3) is 2.32. The van der Waals surface area contributed by atoms with Gasteiger partial charge in [-0.05, 0) is 30.0 Å². The van der Waals surface area contributed by atoms with Crippen molar-refractivity contribution in [1.82, 2.24) is 9.97 Å². The summed E-state index contributed by atoms with van der Waals surface area (Å²) in [5.41, 5.74) is 8.99. The van der Waals surface area contributed by atoms with Gasteiger partial charge >= 0.3 is 0 Å². The summed E-state index contributed by atoms with van der Waals surface area (Å²) in [6.07, 6.45) is 5.63. The van der Waals surface area contributed by atoms with Crippen molar-refractivity contribution < 1.29 is 4.39 Å². The molecule has 1 unspecified atom stereocenters. The van der Waals surface area contributed by atoms with Crippen molar-refractivity contribution in [3.63, 3.8) is 0 Å². The van der Waals surface area contributed by atoms with Crippen molar-refractivity contribution in [3.8, 4) is 11.1 Å². The summed E-state index contributed by atoms with van der Waals surface area (Å²) in [5, 5.41) is 0. The first-order chi connectivity index (χ1) is 8.63. The Morgan fingerprint density at radius 3 is 2.56 bits per heavy atom. The smallest absolute Gasteiger partial charge is 0.124 e. The fourth-order valence-corrected chi connectivity index (χ4v) is 1.94. The molecule has 0 aliphatic rings. The van der Waals surface area contributed by atoms with Gasteiger partial charge in [0.05, 0.1) is 0 Å². The molecule has 0 saturated heterocycles. The standard InChI is InChI=1S/C14H16FN3/c1-3-9(2)12-4-11(15)5-13(14(12)16)10-6-17-8-18-7-10/h4-9H,3,16H2,1-2H3. The Labute approximate surface area is 106 Å². The molecule has 2 aromatic rings. The maximum absolute atomic E-state index is 13.7. The molecule has 1 atom stereocenters. The van der Waals surface area contributed by atoms with Gasteiger partial charge in [-0.15, -0.1) is 0 Å². The number of hydrogen-bond acceptors (Lipinski definition) is 3. The van der Waals surface area contributed by atoms with Crippen LogP contribution in [0.2, 0.25) is 0 Å². The van der Waals surface area contributed by atoms with E-state index in [4.69, 9.17) is 5.73 Å². The van der Waals surface area contributed by atoms with Gasteiger partial charge in [0.1, 0.15) is 12.1 Å². The third-order valence-corrected chi connectivity index (χ3v) is 3.19. The van der Waals surface area contributed by atoms with Crippen LogP contribution in [0.25, 0.3) is 11.1 Å². The SMILES string of the molecule is CCC(C)c1cc(F)cc(-c2cncnc2)c1N. The highest BCUT2D eigenvalue weighted by atomic mass is 19.1. The molecular weight excluding hydrogens is 229 g/mol. The van der Waals surface area contributed by atoms with Crippen molar-refractivity contribution in [2.45, 2.75) is 26.2 Å². The van der Waals surface area contributed by atoms with Gasteiger partial charge < -0.3 is 5.73 Å². The van der Waals surface area contributed by atoms with E-state index < -0.39 is 0 Å². The van der Waals surface area contributed by atoms with Crippen molar-refractivity contribution >= 4 is 5.69 Å². The average Bonchev–Trinajstić information content (AvgIpc) is 2.41. The molecule has 3 nitrogen and oxygen atoms in total. The van der Waals surface area contributed by atoms with Crippen molar-refractivity contribution in [3.05, 3.63) is 42.2 Å². The maximum atomic E-state index is 13.7. The molecule has 0 saturated carbocycles. The van der Waals surface area contributed by atoms with E-state index >= 15 is 0 Å². The van der Waals surface area contributed by atoms with Gasteiger partial charge in [0.2, 0.25) is 0 Å². The minimum absolute atomic E-state index is 0.226. The molecule has 0 radical (unpaired) electrons. The van der Waals surface area contributed by atoms with Crippen LogP contribution < -0.4 is 5.73 Å². The first kappa shape index (κ1) is 12.5. The van der Waals surface area contributed by atoms with Gasteiger partial charge in [-0.25, -0.2) is 14.4 Å². The lowest BCUT2D eigenvalue weighted by Gasteiger charge is -2.16. The Morgan fingerprint density at radius 2 is 1.94 bits per heavy atom. The van der Waals surface area contributed by atoms with E-state index in [1.807, 2.05) is 6.92 Å². The van der Waals surface area contributed by atoms with Crippen LogP contribution in [0.1, 0.15) is 31.7 Å². The van der Waals surface area contributed by atoms with Gasteiger partial charge in [-0.2, -0.15) is 0 Å². The largest absolute Gasteiger partial charge is 0.398 e. The summed E-state index contributed by atoms with van der Waals surface area (Å²) in [5.74, 6) is -0.0533. The summed E-state index contributed by atoms with van der Waals surface area (Å²) < 4.78 is 13.7. The summed E-state index contributed by atoms with van der Waals surface area (Å²) in [7, 11) is 0. The summed E-state index contributed by atoms with van der Waals surface area (Å²) in [4.78, 5) is 7.87. The Bertz CT molecular complexity index is 540. The van der Waals surface area contributed by atoms with Gasteiger partial charge in [-0.3, -0.25) is 0 Å². The van der Waals surface area contributed by atoms with E-state index in [-0.39, 0.29) is 11.7 Å². The van der Waals surface area contributed by atoms with E-state index in [2.05, 4.69) is 16.9 Å². The second-order valence-corrected chi connectivity index (χ2v) is 4.39. The lowest BCUT2D eigenvalue weighted by Crippen LogP contribution is -2.02. The molecule has 0 bridgehead atoms. The Kier molecular flexibility index (Phi) is 3.55. The molecule has 1 aromatic carbocycles. The Hall–Kier alpha value is -1.97. The first-order valence-corrected chi connectivity index (χ1v) is 5.97. The number of nitrogens with zero attached hydrogens (tertiary/aromatic N) is 2. The molecule has 1 aromatic heterocycles. The highest BCUT2D eigenvalue weighted by Gasteiger charge is 2.14. The van der Waals surface area contributed by atoms with Gasteiger partial charge in [0.15, 0.2) is 0 Å². The van der Waals surface area contributed by atoms with Crippen molar-refractivity contribution in [1.29, 1.82) is 0 Å². The van der Waals surface area contributed by atoms with Crippen LogP contribution in [-0.4, -0.2) is 9.97 Å². The predicted octanol–water partition coefficient (Wildman–Crippen LogP) is 3.38. The maximum Gasteiger partial charge on any atom is 0.124 e. The lowest BCUT2D eigenvalue weighted by atomic mass is 9.92. The second kappa shape index (κ2) is 5.12. The van der Waals surface area contributed by atoms with Crippen molar-refractivity contribution in [2.75, 3.05) is 5.73 Å². The Balaban J connectivity index is 2.59. The number of halogens is 1. The summed E-state index contributed by atoms with van der Waals surface area (Å²) in [6, 6.07) is 2.94. The minimum atomic E-state index is -0.279. The average molecular weight is 245 g/mol. The molecule has 94 valence electrons. The normalized spacial score (nSPS) is 12.4. The molecule has 18 heavy (non-hydrogen) atoms. The topological polar surface area (TPSA) is 51.8 Å². The lowest BCUT2D eigenvalue weighted by molar-refractivity contribution is 0.621. The monoisotopic (exact) mass is 245 g/mol. The Morgan fingerprint density at radius 1 is 1.28 bits per heavy atom. The molecular formula is C14H16FN3. The fourth-order valence-electron chi connectivity index (χ4n) is 1.94. The zero-order valence-electron chi connectivity index (χ0n) is 10.5. The van der Waals surface area contributed by atoms with E-state index in [1.165, 1.54) is 18.5 Å². The van der Waals surface area contributed by atoms with Crippen LogP contribution in [0.15, 0.2) is 30.9 Å². The zero-order valence-corrected chi connectivity index (χ0v) is 10.5.